The number of hydrogen-bond donors (Lipinski definition) is 0. The molecule has 0 radical (unpaired) electrons. The van der Waals surface area contributed by atoms with Crippen molar-refractivity contribution in [2.24, 2.45) is 0 Å². The highest BCUT2D eigenvalue weighted by molar-refractivity contribution is 8.26. The molecule has 1 fully saturated rings. The van der Waals surface area contributed by atoms with Crippen LogP contribution in [0.2, 0.25) is 0 Å². The zero-order chi connectivity index (χ0) is 18.5. The Morgan fingerprint density at radius 2 is 1.88 bits per heavy atom. The third-order valence-electron chi connectivity index (χ3n) is 4.06. The molecule has 0 aliphatic carbocycles. The van der Waals surface area contributed by atoms with Crippen LogP contribution in [0.5, 0.6) is 11.5 Å². The summed E-state index contributed by atoms with van der Waals surface area (Å²) in [5, 5.41) is 0. The summed E-state index contributed by atoms with van der Waals surface area (Å²) in [6, 6.07) is 15.6. The number of amides is 1. The van der Waals surface area contributed by atoms with Crippen LogP contribution < -0.4 is 9.47 Å². The number of carbonyl (C=O) groups excluding carboxylic acids is 1. The Balaban J connectivity index is 1.79. The van der Waals surface area contributed by atoms with Crippen LogP contribution >= 0.6 is 24.0 Å². The van der Waals surface area contributed by atoms with Crippen LogP contribution in [0, 0.1) is 0 Å². The molecule has 0 N–H and O–H groups in total. The molecule has 0 spiro atoms. The quantitative estimate of drug-likeness (QED) is 0.552. The minimum Gasteiger partial charge on any atom is -0.497 e. The van der Waals surface area contributed by atoms with Crippen LogP contribution in [0.4, 0.5) is 0 Å². The third kappa shape index (κ3) is 4.08. The second kappa shape index (κ2) is 8.38. The van der Waals surface area contributed by atoms with Gasteiger partial charge in [-0.2, -0.15) is 0 Å². The maximum absolute atomic E-state index is 12.8. The molecule has 1 aliphatic rings. The molecule has 0 saturated carbocycles. The normalized spacial score (nSPS) is 15.6. The van der Waals surface area contributed by atoms with Gasteiger partial charge in [-0.1, -0.05) is 54.3 Å². The summed E-state index contributed by atoms with van der Waals surface area (Å²) >= 11 is 6.72. The molecule has 26 heavy (non-hydrogen) atoms. The Morgan fingerprint density at radius 1 is 1.12 bits per heavy atom. The Hall–Kier alpha value is -2.31. The first-order valence-electron chi connectivity index (χ1n) is 8.13. The third-order valence-corrected chi connectivity index (χ3v) is 5.44. The highest BCUT2D eigenvalue weighted by atomic mass is 32.2. The predicted octanol–water partition coefficient (Wildman–Crippen LogP) is 4.15. The van der Waals surface area contributed by atoms with Crippen molar-refractivity contribution in [2.75, 3.05) is 20.8 Å². The molecule has 2 aromatic carbocycles. The number of benzene rings is 2. The summed E-state index contributed by atoms with van der Waals surface area (Å²) in [6.07, 6.45) is 2.58. The zero-order valence-electron chi connectivity index (χ0n) is 14.6. The van der Waals surface area contributed by atoms with E-state index in [4.69, 9.17) is 21.7 Å². The van der Waals surface area contributed by atoms with Crippen molar-refractivity contribution in [2.45, 2.75) is 6.42 Å². The second-order valence-electron chi connectivity index (χ2n) is 5.68. The van der Waals surface area contributed by atoms with E-state index in [-0.39, 0.29) is 5.91 Å². The van der Waals surface area contributed by atoms with E-state index in [0.29, 0.717) is 27.3 Å². The summed E-state index contributed by atoms with van der Waals surface area (Å²) < 4.78 is 11.2. The SMILES string of the molecule is COc1ccc(OC)c(/C=C2/SC(=S)N(CCc3ccccc3)C2=O)c1. The van der Waals surface area contributed by atoms with Gasteiger partial charge in [-0.3, -0.25) is 9.69 Å². The van der Waals surface area contributed by atoms with Gasteiger partial charge in [0, 0.05) is 12.1 Å². The Labute approximate surface area is 162 Å². The highest BCUT2D eigenvalue weighted by Gasteiger charge is 2.31. The van der Waals surface area contributed by atoms with Crippen molar-refractivity contribution in [1.29, 1.82) is 0 Å². The number of rotatable bonds is 6. The summed E-state index contributed by atoms with van der Waals surface area (Å²) in [5.41, 5.74) is 1.97. The molecule has 0 bridgehead atoms. The molecule has 1 heterocycles. The van der Waals surface area contributed by atoms with E-state index in [9.17, 15) is 4.79 Å². The molecule has 4 nitrogen and oxygen atoms in total. The molecule has 1 aliphatic heterocycles. The van der Waals surface area contributed by atoms with Gasteiger partial charge in [-0.15, -0.1) is 0 Å². The van der Waals surface area contributed by atoms with E-state index in [0.717, 1.165) is 12.0 Å². The minimum atomic E-state index is -0.0687. The topological polar surface area (TPSA) is 38.8 Å². The number of carbonyl (C=O) groups is 1. The summed E-state index contributed by atoms with van der Waals surface area (Å²) in [6.45, 7) is 0.571. The van der Waals surface area contributed by atoms with Crippen molar-refractivity contribution >= 4 is 40.3 Å². The lowest BCUT2D eigenvalue weighted by atomic mass is 10.1. The number of thiocarbonyl (C=S) groups is 1. The first-order chi connectivity index (χ1) is 12.6. The number of thioether (sulfide) groups is 1. The lowest BCUT2D eigenvalue weighted by Crippen LogP contribution is -2.30. The molecule has 1 amide bonds. The Bertz CT molecular complexity index is 849. The van der Waals surface area contributed by atoms with Crippen molar-refractivity contribution in [3.63, 3.8) is 0 Å². The summed E-state index contributed by atoms with van der Waals surface area (Å²) in [4.78, 5) is 15.0. The van der Waals surface area contributed by atoms with E-state index >= 15 is 0 Å². The Morgan fingerprint density at radius 3 is 2.58 bits per heavy atom. The van der Waals surface area contributed by atoms with Crippen LogP contribution in [0.15, 0.2) is 53.4 Å². The Kier molecular flexibility index (Phi) is 5.96. The van der Waals surface area contributed by atoms with E-state index < -0.39 is 0 Å². The molecule has 6 heteroatoms. The zero-order valence-corrected chi connectivity index (χ0v) is 16.2. The van der Waals surface area contributed by atoms with Crippen molar-refractivity contribution in [3.8, 4) is 11.5 Å². The van der Waals surface area contributed by atoms with Crippen LogP contribution in [-0.4, -0.2) is 35.9 Å². The van der Waals surface area contributed by atoms with Gasteiger partial charge in [-0.25, -0.2) is 0 Å². The summed E-state index contributed by atoms with van der Waals surface area (Å²) in [5.74, 6) is 1.32. The molecule has 0 unspecified atom stereocenters. The van der Waals surface area contributed by atoms with E-state index in [1.165, 1.54) is 17.3 Å². The van der Waals surface area contributed by atoms with Crippen molar-refractivity contribution in [3.05, 3.63) is 64.6 Å². The van der Waals surface area contributed by atoms with Gasteiger partial charge in [0.25, 0.3) is 5.91 Å². The van der Waals surface area contributed by atoms with Crippen molar-refractivity contribution < 1.29 is 14.3 Å². The molecule has 134 valence electrons. The molecular weight excluding hydrogens is 366 g/mol. The second-order valence-corrected chi connectivity index (χ2v) is 7.35. The molecule has 0 aromatic heterocycles. The smallest absolute Gasteiger partial charge is 0.266 e. The number of ether oxygens (including phenoxy) is 2. The van der Waals surface area contributed by atoms with Crippen LogP contribution in [0.1, 0.15) is 11.1 Å². The maximum atomic E-state index is 12.8. The summed E-state index contributed by atoms with van der Waals surface area (Å²) in [7, 11) is 3.21. The highest BCUT2D eigenvalue weighted by Crippen LogP contribution is 2.35. The van der Waals surface area contributed by atoms with Crippen LogP contribution in [0.25, 0.3) is 6.08 Å². The maximum Gasteiger partial charge on any atom is 0.266 e. The van der Waals surface area contributed by atoms with Gasteiger partial charge >= 0.3 is 0 Å². The van der Waals surface area contributed by atoms with E-state index in [2.05, 4.69) is 12.1 Å². The van der Waals surface area contributed by atoms with E-state index in [1.54, 1.807) is 19.1 Å². The van der Waals surface area contributed by atoms with Gasteiger partial charge in [0.1, 0.15) is 15.8 Å². The average Bonchev–Trinajstić information content (AvgIpc) is 2.93. The monoisotopic (exact) mass is 385 g/mol. The van der Waals surface area contributed by atoms with Gasteiger partial charge in [0.05, 0.1) is 19.1 Å². The molecule has 1 saturated heterocycles. The first kappa shape index (κ1) is 18.5. The molecule has 3 rings (SSSR count). The van der Waals surface area contributed by atoms with Gasteiger partial charge < -0.3 is 9.47 Å². The van der Waals surface area contributed by atoms with Gasteiger partial charge in [0.2, 0.25) is 0 Å². The average molecular weight is 386 g/mol. The minimum absolute atomic E-state index is 0.0687. The lowest BCUT2D eigenvalue weighted by molar-refractivity contribution is -0.122. The number of hydrogen-bond acceptors (Lipinski definition) is 5. The molecule has 2 aromatic rings. The fraction of sp³-hybridized carbons (Fsp3) is 0.200. The fourth-order valence-corrected chi connectivity index (χ4v) is 3.97. The van der Waals surface area contributed by atoms with Crippen LogP contribution in [0.3, 0.4) is 0 Å². The van der Waals surface area contributed by atoms with Crippen molar-refractivity contribution in [1.82, 2.24) is 4.90 Å². The first-order valence-corrected chi connectivity index (χ1v) is 9.36. The standard InChI is InChI=1S/C20H19NO3S2/c1-23-16-8-9-17(24-2)15(12-16)13-18-19(22)21(20(25)26-18)11-10-14-6-4-3-5-7-14/h3-9,12-13H,10-11H2,1-2H3/b18-13+. The van der Waals surface area contributed by atoms with Gasteiger partial charge in [-0.05, 0) is 36.3 Å². The number of methoxy groups -OCH3 is 2. The molecular formula is C20H19NO3S2. The van der Waals surface area contributed by atoms with Gasteiger partial charge in [0.15, 0.2) is 0 Å². The van der Waals surface area contributed by atoms with Crippen LogP contribution in [-0.2, 0) is 11.2 Å². The largest absolute Gasteiger partial charge is 0.497 e. The number of nitrogens with zero attached hydrogens (tertiary/aromatic N) is 1. The molecule has 0 atom stereocenters. The predicted molar refractivity (Wildman–Crippen MR) is 110 cm³/mol. The lowest BCUT2D eigenvalue weighted by Gasteiger charge is -2.14. The fourth-order valence-electron chi connectivity index (χ4n) is 2.67. The van der Waals surface area contributed by atoms with E-state index in [1.807, 2.05) is 42.5 Å².